The van der Waals surface area contributed by atoms with E-state index in [9.17, 15) is 10.1 Å². The number of amidine groups is 1. The van der Waals surface area contributed by atoms with E-state index < -0.39 is 4.92 Å². The number of rotatable bonds is 4. The molecule has 0 spiro atoms. The summed E-state index contributed by atoms with van der Waals surface area (Å²) < 4.78 is 5.17. The minimum absolute atomic E-state index is 0.0395. The molecule has 1 aliphatic heterocycles. The molecule has 1 atom stereocenters. The van der Waals surface area contributed by atoms with Crippen molar-refractivity contribution in [3.63, 3.8) is 0 Å². The Morgan fingerprint density at radius 3 is 2.43 bits per heavy atom. The van der Waals surface area contributed by atoms with Gasteiger partial charge in [-0.3, -0.25) is 15.1 Å². The van der Waals surface area contributed by atoms with Crippen LogP contribution in [0.25, 0.3) is 0 Å². The number of hydrogen-bond acceptors (Lipinski definition) is 6. The monoisotopic (exact) mass is 312 g/mol. The molecule has 1 heterocycles. The van der Waals surface area contributed by atoms with Crippen LogP contribution >= 0.6 is 0 Å². The highest BCUT2D eigenvalue weighted by Crippen LogP contribution is 2.35. The van der Waals surface area contributed by atoms with Crippen LogP contribution in [0.4, 0.5) is 11.4 Å². The number of nitro groups is 1. The Kier molecular flexibility index (Phi) is 3.84. The second-order valence-electron chi connectivity index (χ2n) is 5.20. The van der Waals surface area contributed by atoms with Gasteiger partial charge in [-0.15, -0.1) is 0 Å². The van der Waals surface area contributed by atoms with E-state index in [1.54, 1.807) is 24.3 Å². The van der Waals surface area contributed by atoms with Gasteiger partial charge in [-0.05, 0) is 29.8 Å². The van der Waals surface area contributed by atoms with Gasteiger partial charge in [0.15, 0.2) is 0 Å². The first-order valence-corrected chi connectivity index (χ1v) is 7.09. The van der Waals surface area contributed by atoms with Crippen LogP contribution in [0.3, 0.4) is 0 Å². The van der Waals surface area contributed by atoms with E-state index in [-0.39, 0.29) is 11.7 Å². The standard InChI is InChI=1S/C16H16N4O3/c1-23-14-8-2-11(3-9-14)15-10-16(17)18-19(15)12-4-6-13(7-5-12)20(21)22/h2-9,15H,10H2,1H3,(H2,17,18)/t15-/m0/s1. The molecule has 2 aromatic carbocycles. The Morgan fingerprint density at radius 2 is 1.87 bits per heavy atom. The number of non-ortho nitro benzene ring substituents is 1. The summed E-state index contributed by atoms with van der Waals surface area (Å²) >= 11 is 0. The number of hydrazone groups is 1. The zero-order chi connectivity index (χ0) is 16.4. The maximum absolute atomic E-state index is 10.8. The Balaban J connectivity index is 1.90. The first kappa shape index (κ1) is 14.8. The summed E-state index contributed by atoms with van der Waals surface area (Å²) in [7, 11) is 1.62. The number of nitrogens with two attached hydrogens (primary N) is 1. The summed E-state index contributed by atoms with van der Waals surface area (Å²) in [6, 6.07) is 14.0. The fourth-order valence-corrected chi connectivity index (χ4v) is 2.58. The Hall–Kier alpha value is -3.09. The maximum Gasteiger partial charge on any atom is 0.269 e. The molecule has 23 heavy (non-hydrogen) atoms. The molecule has 0 amide bonds. The van der Waals surface area contributed by atoms with Crippen LogP contribution in [0.5, 0.6) is 5.75 Å². The minimum atomic E-state index is -0.424. The van der Waals surface area contributed by atoms with Crippen LogP contribution in [0.2, 0.25) is 0 Å². The molecule has 0 fully saturated rings. The second-order valence-corrected chi connectivity index (χ2v) is 5.20. The molecule has 1 aliphatic rings. The molecule has 118 valence electrons. The molecule has 0 aliphatic carbocycles. The van der Waals surface area contributed by atoms with Gasteiger partial charge in [-0.25, -0.2) is 0 Å². The van der Waals surface area contributed by atoms with Crippen LogP contribution in [0.15, 0.2) is 53.6 Å². The van der Waals surface area contributed by atoms with Crippen molar-refractivity contribution >= 4 is 17.2 Å². The maximum atomic E-state index is 10.8. The van der Waals surface area contributed by atoms with Gasteiger partial charge in [0.05, 0.1) is 23.8 Å². The fraction of sp³-hybridized carbons (Fsp3) is 0.188. The van der Waals surface area contributed by atoms with E-state index in [4.69, 9.17) is 10.5 Å². The van der Waals surface area contributed by atoms with E-state index in [1.165, 1.54) is 12.1 Å². The summed E-state index contributed by atoms with van der Waals surface area (Å²) in [5, 5.41) is 16.9. The summed E-state index contributed by atoms with van der Waals surface area (Å²) in [6.45, 7) is 0. The van der Waals surface area contributed by atoms with E-state index in [1.807, 2.05) is 24.3 Å². The van der Waals surface area contributed by atoms with Gasteiger partial charge in [0, 0.05) is 18.6 Å². The third-order valence-electron chi connectivity index (χ3n) is 3.76. The van der Waals surface area contributed by atoms with Crippen molar-refractivity contribution in [3.8, 4) is 5.75 Å². The lowest BCUT2D eigenvalue weighted by atomic mass is 10.0. The van der Waals surface area contributed by atoms with Crippen LogP contribution in [-0.2, 0) is 0 Å². The number of anilines is 1. The molecule has 2 N–H and O–H groups in total. The molecule has 7 heteroatoms. The first-order chi connectivity index (χ1) is 11.1. The van der Waals surface area contributed by atoms with Crippen molar-refractivity contribution in [3.05, 3.63) is 64.2 Å². The highest BCUT2D eigenvalue weighted by Gasteiger charge is 2.28. The summed E-state index contributed by atoms with van der Waals surface area (Å²) in [5.41, 5.74) is 7.76. The normalized spacial score (nSPS) is 17.0. The number of hydrogen-bond donors (Lipinski definition) is 1. The molecule has 0 saturated carbocycles. The molecule has 0 saturated heterocycles. The average molecular weight is 312 g/mol. The van der Waals surface area contributed by atoms with Crippen molar-refractivity contribution < 1.29 is 9.66 Å². The summed E-state index contributed by atoms with van der Waals surface area (Å²) in [5.74, 6) is 1.31. The molecule has 0 radical (unpaired) electrons. The minimum Gasteiger partial charge on any atom is -0.497 e. The van der Waals surface area contributed by atoms with E-state index in [0.29, 0.717) is 12.3 Å². The average Bonchev–Trinajstić information content (AvgIpc) is 2.97. The molecular weight excluding hydrogens is 296 g/mol. The lowest BCUT2D eigenvalue weighted by molar-refractivity contribution is -0.384. The van der Waals surface area contributed by atoms with Crippen LogP contribution in [0.1, 0.15) is 18.0 Å². The number of methoxy groups -OCH3 is 1. The van der Waals surface area contributed by atoms with E-state index in [0.717, 1.165) is 17.0 Å². The number of benzene rings is 2. The van der Waals surface area contributed by atoms with Gasteiger partial charge in [-0.1, -0.05) is 12.1 Å². The molecule has 3 rings (SSSR count). The third kappa shape index (κ3) is 2.94. The lowest BCUT2D eigenvalue weighted by Gasteiger charge is -2.23. The fourth-order valence-electron chi connectivity index (χ4n) is 2.58. The number of nitro benzene ring substituents is 1. The smallest absolute Gasteiger partial charge is 0.269 e. The largest absolute Gasteiger partial charge is 0.497 e. The number of nitrogens with zero attached hydrogens (tertiary/aromatic N) is 3. The lowest BCUT2D eigenvalue weighted by Crippen LogP contribution is -2.18. The summed E-state index contributed by atoms with van der Waals surface area (Å²) in [6.07, 6.45) is 0.601. The van der Waals surface area contributed by atoms with E-state index >= 15 is 0 Å². The van der Waals surface area contributed by atoms with Gasteiger partial charge in [0.25, 0.3) is 5.69 Å². The van der Waals surface area contributed by atoms with Crippen molar-refractivity contribution in [1.82, 2.24) is 0 Å². The Morgan fingerprint density at radius 1 is 1.22 bits per heavy atom. The summed E-state index contributed by atoms with van der Waals surface area (Å²) in [4.78, 5) is 10.3. The SMILES string of the molecule is COc1ccc([C@@H]2CC(N)=NN2c2ccc([N+](=O)[O-])cc2)cc1. The highest BCUT2D eigenvalue weighted by molar-refractivity contribution is 5.85. The Bertz CT molecular complexity index is 741. The predicted octanol–water partition coefficient (Wildman–Crippen LogP) is 2.83. The van der Waals surface area contributed by atoms with Crippen LogP contribution < -0.4 is 15.5 Å². The second kappa shape index (κ2) is 5.96. The molecule has 0 unspecified atom stereocenters. The van der Waals surface area contributed by atoms with Gasteiger partial charge < -0.3 is 10.5 Å². The first-order valence-electron chi connectivity index (χ1n) is 7.09. The van der Waals surface area contributed by atoms with E-state index in [2.05, 4.69) is 5.10 Å². The van der Waals surface area contributed by atoms with Crippen molar-refractivity contribution in [1.29, 1.82) is 0 Å². The number of ether oxygens (including phenoxy) is 1. The highest BCUT2D eigenvalue weighted by atomic mass is 16.6. The Labute approximate surface area is 133 Å². The quantitative estimate of drug-likeness (QED) is 0.692. The molecule has 7 nitrogen and oxygen atoms in total. The van der Waals surface area contributed by atoms with Crippen molar-refractivity contribution in [2.24, 2.45) is 10.8 Å². The zero-order valence-corrected chi connectivity index (χ0v) is 12.5. The van der Waals surface area contributed by atoms with Crippen molar-refractivity contribution in [2.75, 3.05) is 12.1 Å². The topological polar surface area (TPSA) is 94.0 Å². The van der Waals surface area contributed by atoms with Gasteiger partial charge in [-0.2, -0.15) is 5.10 Å². The molecule has 0 bridgehead atoms. The van der Waals surface area contributed by atoms with Crippen LogP contribution in [-0.4, -0.2) is 17.9 Å². The molecular formula is C16H16N4O3. The zero-order valence-electron chi connectivity index (χ0n) is 12.5. The predicted molar refractivity (Wildman–Crippen MR) is 87.5 cm³/mol. The van der Waals surface area contributed by atoms with Gasteiger partial charge in [0.1, 0.15) is 11.6 Å². The van der Waals surface area contributed by atoms with Gasteiger partial charge >= 0.3 is 0 Å². The molecule has 0 aromatic heterocycles. The third-order valence-corrected chi connectivity index (χ3v) is 3.76. The van der Waals surface area contributed by atoms with Gasteiger partial charge in [0.2, 0.25) is 0 Å². The van der Waals surface area contributed by atoms with Crippen molar-refractivity contribution in [2.45, 2.75) is 12.5 Å². The van der Waals surface area contributed by atoms with Crippen LogP contribution in [0, 0.1) is 10.1 Å². The molecule has 2 aromatic rings.